The molecule has 238 valence electrons. The maximum Gasteiger partial charge on any atom is 0.238 e. The Bertz CT molecular complexity index is 4030. The zero-order valence-corrected chi connectivity index (χ0v) is 26.7. The van der Waals surface area contributed by atoms with Gasteiger partial charge in [-0.15, -0.1) is 11.3 Å². The fraction of sp³-hybridized carbons (Fsp3) is 0. The molecular weight excluding hydrogens is 645 g/mol. The molecule has 0 bridgehead atoms. The molecule has 11 aromatic rings. The fourth-order valence-corrected chi connectivity index (χ4v) is 7.75. The van der Waals surface area contributed by atoms with Crippen LogP contribution in [0.25, 0.3) is 104 Å². The molecule has 5 nitrogen and oxygen atoms in total. The van der Waals surface area contributed by atoms with Gasteiger partial charge in [0.25, 0.3) is 0 Å². The summed E-state index contributed by atoms with van der Waals surface area (Å²) in [5.41, 5.74) is -1.43. The Morgan fingerprint density at radius 1 is 0.529 bits per heavy atom. The smallest absolute Gasteiger partial charge is 0.238 e. The predicted octanol–water partition coefficient (Wildman–Crippen LogP) is 12.2. The molecule has 0 unspecified atom stereocenters. The Kier molecular flexibility index (Phi) is 3.61. The van der Waals surface area contributed by atoms with E-state index in [4.69, 9.17) is 32.2 Å². The largest absolute Gasteiger partial charge is 0.456 e. The van der Waals surface area contributed by atoms with Gasteiger partial charge >= 0.3 is 0 Å². The predicted molar refractivity (Wildman–Crippen MR) is 211 cm³/mol. The number of nitrogens with zero attached hydrogens (tertiary/aromatic N) is 4. The Balaban J connectivity index is 1.29. The van der Waals surface area contributed by atoms with Gasteiger partial charge in [-0.25, -0.2) is 4.98 Å². The summed E-state index contributed by atoms with van der Waals surface area (Å²) in [4.78, 5) is 14.3. The molecule has 0 spiro atoms. The molecule has 51 heavy (non-hydrogen) atoms. The first-order valence-electron chi connectivity index (χ1n) is 23.6. The molecule has 0 radical (unpaired) electrons. The summed E-state index contributed by atoms with van der Waals surface area (Å²) in [5, 5.41) is 2.75. The molecule has 11 rings (SSSR count). The van der Waals surface area contributed by atoms with Crippen LogP contribution in [0.3, 0.4) is 0 Å². The van der Waals surface area contributed by atoms with Crippen molar-refractivity contribution in [3.63, 3.8) is 0 Å². The van der Waals surface area contributed by atoms with Crippen LogP contribution in [0, 0.1) is 0 Å². The van der Waals surface area contributed by atoms with Crippen LogP contribution >= 0.6 is 11.3 Å². The van der Waals surface area contributed by atoms with Crippen molar-refractivity contribution in [3.05, 3.63) is 157 Å². The molecule has 7 aromatic carbocycles. The molecule has 4 heterocycles. The number of aromatic nitrogens is 4. The number of para-hydroxylation sites is 1. The molecule has 0 aliphatic heterocycles. The molecule has 0 aliphatic carbocycles. The van der Waals surface area contributed by atoms with Crippen molar-refractivity contribution in [2.45, 2.75) is 0 Å². The van der Waals surface area contributed by atoms with E-state index in [0.29, 0.717) is 11.0 Å². The third-order valence-electron chi connectivity index (χ3n) is 8.77. The van der Waals surface area contributed by atoms with Gasteiger partial charge < -0.3 is 4.42 Å². The first-order valence-corrected chi connectivity index (χ1v) is 16.5. The second-order valence-corrected chi connectivity index (χ2v) is 12.7. The average Bonchev–Trinajstić information content (AvgIpc) is 4.02. The fourth-order valence-electron chi connectivity index (χ4n) is 6.65. The summed E-state index contributed by atoms with van der Waals surface area (Å²) in [5.74, 6) is -0.995. The molecule has 0 N–H and O–H groups in total. The van der Waals surface area contributed by atoms with E-state index in [-0.39, 0.29) is 16.7 Å². The van der Waals surface area contributed by atoms with Crippen LogP contribution in [0.15, 0.2) is 162 Å². The Hall–Kier alpha value is -6.63. The number of benzene rings is 7. The van der Waals surface area contributed by atoms with Gasteiger partial charge in [0.2, 0.25) is 5.95 Å². The van der Waals surface area contributed by atoms with Gasteiger partial charge in [-0.2, -0.15) is 9.97 Å². The van der Waals surface area contributed by atoms with E-state index >= 15 is 0 Å². The van der Waals surface area contributed by atoms with Crippen molar-refractivity contribution in [1.82, 2.24) is 19.5 Å². The number of furan rings is 1. The van der Waals surface area contributed by atoms with Crippen LogP contribution in [0.1, 0.15) is 21.9 Å². The third kappa shape index (κ3) is 4.30. The lowest BCUT2D eigenvalue weighted by atomic mass is 9.99. The van der Waals surface area contributed by atoms with E-state index in [1.807, 2.05) is 60.7 Å². The van der Waals surface area contributed by atoms with Crippen molar-refractivity contribution in [1.29, 1.82) is 0 Å². The van der Waals surface area contributed by atoms with Gasteiger partial charge in [-0.05, 0) is 47.5 Å². The first-order chi connectivity index (χ1) is 31.9. The van der Waals surface area contributed by atoms with Crippen LogP contribution in [-0.4, -0.2) is 19.5 Å². The van der Waals surface area contributed by atoms with Gasteiger partial charge in [0.1, 0.15) is 11.2 Å². The Morgan fingerprint density at radius 3 is 2.12 bits per heavy atom. The van der Waals surface area contributed by atoms with E-state index in [1.54, 1.807) is 15.9 Å². The molecule has 0 amide bonds. The van der Waals surface area contributed by atoms with E-state index in [1.165, 1.54) is 0 Å². The highest BCUT2D eigenvalue weighted by molar-refractivity contribution is 7.26. The van der Waals surface area contributed by atoms with E-state index in [9.17, 15) is 4.11 Å². The Morgan fingerprint density at radius 2 is 1.27 bits per heavy atom. The normalized spacial score (nSPS) is 16.3. The minimum absolute atomic E-state index is 0.134. The molecule has 0 fully saturated rings. The zero-order chi connectivity index (χ0) is 47.4. The number of hydrogen-bond donors (Lipinski definition) is 0. The van der Waals surface area contributed by atoms with Crippen molar-refractivity contribution in [3.8, 4) is 39.9 Å². The maximum absolute atomic E-state index is 9.65. The van der Waals surface area contributed by atoms with Crippen molar-refractivity contribution < 1.29 is 26.3 Å². The van der Waals surface area contributed by atoms with Gasteiger partial charge in [0.15, 0.2) is 11.6 Å². The molecule has 6 heteroatoms. The molecule has 0 atom stereocenters. The number of fused-ring (bicyclic) bond motifs is 10. The van der Waals surface area contributed by atoms with E-state index in [2.05, 4.69) is 4.98 Å². The quantitative estimate of drug-likeness (QED) is 0.185. The topological polar surface area (TPSA) is 56.7 Å². The van der Waals surface area contributed by atoms with Gasteiger partial charge in [-0.3, -0.25) is 4.57 Å². The number of hydrogen-bond acceptors (Lipinski definition) is 5. The highest BCUT2D eigenvalue weighted by Crippen LogP contribution is 2.43. The highest BCUT2D eigenvalue weighted by atomic mass is 32.1. The van der Waals surface area contributed by atoms with Crippen molar-refractivity contribution in [2.75, 3.05) is 0 Å². The van der Waals surface area contributed by atoms with Crippen LogP contribution in [0.5, 0.6) is 0 Å². The van der Waals surface area contributed by atoms with Gasteiger partial charge in [-0.1, -0.05) is 121 Å². The Labute approximate surface area is 318 Å². The van der Waals surface area contributed by atoms with Crippen LogP contribution in [0.2, 0.25) is 0 Å². The summed E-state index contributed by atoms with van der Waals surface area (Å²) in [7, 11) is 0. The van der Waals surface area contributed by atoms with Crippen molar-refractivity contribution in [2.24, 2.45) is 0 Å². The number of thiophene rings is 1. The summed E-state index contributed by atoms with van der Waals surface area (Å²) >= 11 is 1.57. The minimum atomic E-state index is -0.745. The minimum Gasteiger partial charge on any atom is -0.456 e. The van der Waals surface area contributed by atoms with Crippen LogP contribution < -0.4 is 0 Å². The van der Waals surface area contributed by atoms with Gasteiger partial charge in [0.05, 0.1) is 33.0 Å². The maximum atomic E-state index is 9.65. The van der Waals surface area contributed by atoms with Gasteiger partial charge in [0, 0.05) is 52.8 Å². The van der Waals surface area contributed by atoms with E-state index in [0.717, 1.165) is 30.9 Å². The molecule has 0 saturated carbocycles. The van der Waals surface area contributed by atoms with Crippen LogP contribution in [0.4, 0.5) is 0 Å². The standard InChI is InChI=1S/C45H26N4OS/c1-3-12-27(13-4-1)30-18-11-20-36-40(30)33-23-22-29(26-37(33)50-36)44-46-43(28-14-5-2-6-15-28)47-45(48-44)49-35-19-9-7-16-31(35)32-24-25-39-41(42(32)49)34-17-8-10-21-38(34)51-39/h1-26H/i1D,2D,3D,4D,5D,6D,11D,12D,13D,14D,15D,18D,20D,22D,23D,26D. The third-order valence-corrected chi connectivity index (χ3v) is 9.90. The lowest BCUT2D eigenvalue weighted by Crippen LogP contribution is -2.06. The molecule has 4 aromatic heterocycles. The summed E-state index contributed by atoms with van der Waals surface area (Å²) in [6.45, 7) is 0. The molecule has 0 aliphatic rings. The SMILES string of the molecule is [2H]c1c([2H])c([2H])c(-c2nc(-c3c([2H])c([2H])c4c(oc5c([2H])c([2H])c([2H])c(-c6c([2H])c([2H])c([2H])c([2H])c6[2H])c54)c3[2H])nc(-n3c4ccccc4c4ccc5sc6ccccc6c5c43)n2)c([2H])c1[2H]. The van der Waals surface area contributed by atoms with E-state index < -0.39 is 142 Å². The second kappa shape index (κ2) is 10.9. The summed E-state index contributed by atoms with van der Waals surface area (Å²) < 4.78 is 150. The molecule has 0 saturated heterocycles. The summed E-state index contributed by atoms with van der Waals surface area (Å²) in [6, 6.07) is 8.19. The van der Waals surface area contributed by atoms with Crippen LogP contribution in [-0.2, 0) is 0 Å². The van der Waals surface area contributed by atoms with Crippen molar-refractivity contribution >= 4 is 75.3 Å². The monoisotopic (exact) mass is 686 g/mol. The number of rotatable bonds is 4. The first kappa shape index (κ1) is 16.9. The lowest BCUT2D eigenvalue weighted by molar-refractivity contribution is 0.669. The zero-order valence-electron chi connectivity index (χ0n) is 41.9. The lowest BCUT2D eigenvalue weighted by Gasteiger charge is -2.11. The second-order valence-electron chi connectivity index (χ2n) is 11.6. The summed E-state index contributed by atoms with van der Waals surface area (Å²) in [6.07, 6.45) is 0. The molecular formula is C45H26N4OS. The average molecular weight is 687 g/mol. The highest BCUT2D eigenvalue weighted by Gasteiger charge is 2.22.